The second-order valence-electron chi connectivity index (χ2n) is 8.42. The Hall–Kier alpha value is -2.73. The average Bonchev–Trinajstić information content (AvgIpc) is 3.25. The smallest absolute Gasteiger partial charge is 0.282 e. The van der Waals surface area contributed by atoms with Crippen molar-refractivity contribution in [1.29, 1.82) is 0 Å². The van der Waals surface area contributed by atoms with Crippen LogP contribution in [0.2, 0.25) is 0 Å². The summed E-state index contributed by atoms with van der Waals surface area (Å²) in [6, 6.07) is 4.50. The maximum atomic E-state index is 13.1. The lowest BCUT2D eigenvalue weighted by Crippen LogP contribution is -2.35. The van der Waals surface area contributed by atoms with Gasteiger partial charge in [0, 0.05) is 25.7 Å². The Labute approximate surface area is 178 Å². The van der Waals surface area contributed by atoms with Crippen LogP contribution < -0.4 is 9.62 Å². The molecule has 0 spiro atoms. The Kier molecular flexibility index (Phi) is 5.38. The van der Waals surface area contributed by atoms with Crippen LogP contribution in [-0.4, -0.2) is 58.9 Å². The van der Waals surface area contributed by atoms with Gasteiger partial charge in [-0.25, -0.2) is 41.4 Å². The summed E-state index contributed by atoms with van der Waals surface area (Å²) in [5, 5.41) is 3.99. The van der Waals surface area contributed by atoms with Gasteiger partial charge in [0.2, 0.25) is 10.0 Å². The van der Waals surface area contributed by atoms with E-state index in [0.29, 0.717) is 42.5 Å². The van der Waals surface area contributed by atoms with Crippen molar-refractivity contribution in [2.75, 3.05) is 30.8 Å². The molecule has 31 heavy (non-hydrogen) atoms. The van der Waals surface area contributed by atoms with Gasteiger partial charge in [-0.05, 0) is 23.5 Å². The molecule has 12 heteroatoms. The number of halogens is 2. The molecular formula is C19H23F2N7O2S. The zero-order chi connectivity index (χ0) is 22.4. The molecule has 1 aliphatic heterocycles. The highest BCUT2D eigenvalue weighted by molar-refractivity contribution is 7.88. The molecule has 4 rings (SSSR count). The summed E-state index contributed by atoms with van der Waals surface area (Å²) in [6.07, 6.45) is 1.41. The molecule has 1 atom stereocenters. The van der Waals surface area contributed by atoms with Crippen molar-refractivity contribution < 1.29 is 17.2 Å². The van der Waals surface area contributed by atoms with E-state index in [2.05, 4.69) is 43.5 Å². The quantitative estimate of drug-likeness (QED) is 0.612. The fourth-order valence-electron chi connectivity index (χ4n) is 3.80. The molecule has 1 N–H and O–H groups in total. The van der Waals surface area contributed by atoms with Gasteiger partial charge in [0.25, 0.3) is 6.43 Å². The number of sulfonamides is 1. The van der Waals surface area contributed by atoms with Gasteiger partial charge >= 0.3 is 0 Å². The molecule has 0 amide bonds. The van der Waals surface area contributed by atoms with Crippen LogP contribution in [0.15, 0.2) is 30.7 Å². The first kappa shape index (κ1) is 21.5. The van der Waals surface area contributed by atoms with E-state index in [4.69, 9.17) is 0 Å². The number of nitrogens with zero attached hydrogens (tertiary/aromatic N) is 6. The molecule has 0 saturated carbocycles. The molecule has 0 radical (unpaired) electrons. The predicted octanol–water partition coefficient (Wildman–Crippen LogP) is 2.14. The van der Waals surface area contributed by atoms with Crippen molar-refractivity contribution in [2.45, 2.75) is 20.3 Å². The van der Waals surface area contributed by atoms with Gasteiger partial charge in [0.15, 0.2) is 5.65 Å². The Morgan fingerprint density at radius 2 is 2.03 bits per heavy atom. The monoisotopic (exact) mass is 451 g/mol. The number of hydrogen-bond acceptors (Lipinski definition) is 7. The first-order valence-electron chi connectivity index (χ1n) is 9.68. The molecule has 3 aromatic heterocycles. The number of alkyl halides is 2. The molecule has 0 bridgehead atoms. The summed E-state index contributed by atoms with van der Waals surface area (Å²) in [5.41, 5.74) is 0.943. The topological polar surface area (TPSA) is 105 Å². The molecule has 0 aliphatic carbocycles. The van der Waals surface area contributed by atoms with Crippen LogP contribution in [0.1, 0.15) is 26.0 Å². The minimum Gasteiger partial charge on any atom is -0.356 e. The first-order chi connectivity index (χ1) is 14.5. The van der Waals surface area contributed by atoms with E-state index >= 15 is 0 Å². The second kappa shape index (κ2) is 7.75. The van der Waals surface area contributed by atoms with E-state index in [-0.39, 0.29) is 17.0 Å². The summed E-state index contributed by atoms with van der Waals surface area (Å²) in [6.45, 7) is 5.81. The number of hydrogen-bond donors (Lipinski definition) is 1. The van der Waals surface area contributed by atoms with Crippen LogP contribution in [-0.2, 0) is 10.0 Å². The van der Waals surface area contributed by atoms with Crippen LogP contribution in [0.4, 0.5) is 14.6 Å². The molecule has 9 nitrogen and oxygen atoms in total. The minimum atomic E-state index is -3.27. The van der Waals surface area contributed by atoms with E-state index in [1.165, 1.54) is 29.2 Å². The molecule has 1 unspecified atom stereocenters. The average molecular weight is 452 g/mol. The summed E-state index contributed by atoms with van der Waals surface area (Å²) in [5.74, 6) is 0.756. The fourth-order valence-corrected chi connectivity index (χ4v) is 4.31. The molecule has 1 fully saturated rings. The molecule has 1 aliphatic rings. The Morgan fingerprint density at radius 3 is 2.74 bits per heavy atom. The standard InChI is InChI=1S/C19H23F2N7O2S/c1-19(2)10-27(9-12(19)7-25-31(3,29)30)17-6-14(23-11-24-17)15-8-22-16-5-4-13(18(20)21)26-28(15)16/h4-6,8,11-12,18,25H,7,9-10H2,1-3H3. The maximum Gasteiger partial charge on any atom is 0.282 e. The van der Waals surface area contributed by atoms with Crippen molar-refractivity contribution in [2.24, 2.45) is 11.3 Å². The van der Waals surface area contributed by atoms with E-state index < -0.39 is 16.4 Å². The van der Waals surface area contributed by atoms with Crippen LogP contribution in [0.5, 0.6) is 0 Å². The normalized spacial score (nSPS) is 18.9. The molecule has 166 valence electrons. The van der Waals surface area contributed by atoms with Crippen molar-refractivity contribution in [3.05, 3.63) is 36.4 Å². The van der Waals surface area contributed by atoms with Crippen molar-refractivity contribution in [1.82, 2.24) is 29.3 Å². The van der Waals surface area contributed by atoms with Gasteiger partial charge in [0.1, 0.15) is 23.5 Å². The number of fused-ring (bicyclic) bond motifs is 1. The van der Waals surface area contributed by atoms with Crippen molar-refractivity contribution in [3.8, 4) is 11.4 Å². The third-order valence-electron chi connectivity index (χ3n) is 5.58. The third-order valence-corrected chi connectivity index (χ3v) is 6.27. The summed E-state index contributed by atoms with van der Waals surface area (Å²) in [4.78, 5) is 14.9. The van der Waals surface area contributed by atoms with Gasteiger partial charge in [-0.2, -0.15) is 5.10 Å². The molecule has 3 aromatic rings. The zero-order valence-electron chi connectivity index (χ0n) is 17.3. The zero-order valence-corrected chi connectivity index (χ0v) is 18.1. The Balaban J connectivity index is 1.62. The molecular weight excluding hydrogens is 428 g/mol. The van der Waals surface area contributed by atoms with Gasteiger partial charge < -0.3 is 4.90 Å². The highest BCUT2D eigenvalue weighted by atomic mass is 32.2. The SMILES string of the molecule is CC1(C)CN(c2cc(-c3cnc4ccc(C(F)F)nn34)ncn2)CC1CNS(C)(=O)=O. The van der Waals surface area contributed by atoms with Crippen LogP contribution in [0, 0.1) is 11.3 Å². The lowest BCUT2D eigenvalue weighted by Gasteiger charge is -2.25. The lowest BCUT2D eigenvalue weighted by molar-refractivity contribution is 0.144. The predicted molar refractivity (Wildman–Crippen MR) is 111 cm³/mol. The van der Waals surface area contributed by atoms with Gasteiger partial charge in [0.05, 0.1) is 18.1 Å². The first-order valence-corrected chi connectivity index (χ1v) is 11.6. The largest absolute Gasteiger partial charge is 0.356 e. The number of imidazole rings is 1. The number of anilines is 1. The van der Waals surface area contributed by atoms with Crippen LogP contribution in [0.3, 0.4) is 0 Å². The van der Waals surface area contributed by atoms with Gasteiger partial charge in [-0.1, -0.05) is 13.8 Å². The number of rotatable bonds is 6. The van der Waals surface area contributed by atoms with Crippen molar-refractivity contribution in [3.63, 3.8) is 0 Å². The highest BCUT2D eigenvalue weighted by Crippen LogP contribution is 2.37. The van der Waals surface area contributed by atoms with Gasteiger partial charge in [-0.3, -0.25) is 0 Å². The van der Waals surface area contributed by atoms with Crippen LogP contribution >= 0.6 is 0 Å². The summed E-state index contributed by atoms with van der Waals surface area (Å²) >= 11 is 0. The van der Waals surface area contributed by atoms with E-state index in [1.54, 1.807) is 6.07 Å². The minimum absolute atomic E-state index is 0.0895. The molecule has 1 saturated heterocycles. The Bertz CT molecular complexity index is 1210. The summed E-state index contributed by atoms with van der Waals surface area (Å²) < 4.78 is 53.1. The fraction of sp³-hybridized carbons (Fsp3) is 0.474. The number of nitrogens with one attached hydrogen (secondary N) is 1. The van der Waals surface area contributed by atoms with Crippen LogP contribution in [0.25, 0.3) is 17.0 Å². The Morgan fingerprint density at radius 1 is 1.26 bits per heavy atom. The third kappa shape index (κ3) is 4.49. The molecule has 0 aromatic carbocycles. The number of aromatic nitrogens is 5. The van der Waals surface area contributed by atoms with E-state index in [1.807, 2.05) is 0 Å². The van der Waals surface area contributed by atoms with E-state index in [0.717, 1.165) is 6.26 Å². The van der Waals surface area contributed by atoms with Gasteiger partial charge in [-0.15, -0.1) is 0 Å². The van der Waals surface area contributed by atoms with E-state index in [9.17, 15) is 17.2 Å². The second-order valence-corrected chi connectivity index (χ2v) is 10.3. The van der Waals surface area contributed by atoms with Crippen molar-refractivity contribution >= 4 is 21.5 Å². The lowest BCUT2D eigenvalue weighted by atomic mass is 9.82. The highest BCUT2D eigenvalue weighted by Gasteiger charge is 2.40. The summed E-state index contributed by atoms with van der Waals surface area (Å²) in [7, 11) is -3.27. The molecule has 4 heterocycles. The maximum absolute atomic E-state index is 13.1.